The predicted octanol–water partition coefficient (Wildman–Crippen LogP) is 0.792. The van der Waals surface area contributed by atoms with Crippen molar-refractivity contribution in [3.05, 3.63) is 178 Å². The summed E-state index contributed by atoms with van der Waals surface area (Å²) in [6.45, 7) is 4.11. The minimum Gasteiger partial charge on any atom is -0.399 e. The molecule has 1 aliphatic rings. The van der Waals surface area contributed by atoms with Crippen LogP contribution < -0.4 is 87.2 Å². The van der Waals surface area contributed by atoms with Gasteiger partial charge in [-0.2, -0.15) is 0 Å². The molecule has 6 aromatic rings. The Hall–Kier alpha value is -11.9. The molecule has 32 heteroatoms. The largest absolute Gasteiger partial charge is 0.399 e. The summed E-state index contributed by atoms with van der Waals surface area (Å²) in [5.74, 6) is -9.26. The first kappa shape index (κ1) is 81.4. The molecule has 106 heavy (non-hydrogen) atoms. The number of nitrogens with two attached hydrogens (primary N) is 5. The van der Waals surface area contributed by atoms with Gasteiger partial charge in [-0.05, 0) is 120 Å². The first-order valence-electron chi connectivity index (χ1n) is 34.6. The number of aliphatic hydroxyl groups is 1. The third-order valence-electron chi connectivity index (χ3n) is 17.5. The minimum absolute atomic E-state index is 0.0134. The van der Waals surface area contributed by atoms with Crippen molar-refractivity contribution in [2.24, 2.45) is 28.9 Å². The molecule has 23 N–H and O–H groups in total. The number of nitrogens with zero attached hydrogens (tertiary/aromatic N) is 1. The van der Waals surface area contributed by atoms with Crippen LogP contribution in [0.1, 0.15) is 80.7 Å². The molecule has 0 saturated carbocycles. The van der Waals surface area contributed by atoms with Crippen LogP contribution in [0.15, 0.2) is 146 Å². The third-order valence-corrected chi connectivity index (χ3v) is 17.8. The second-order valence-corrected chi connectivity index (χ2v) is 26.8. The Balaban J connectivity index is 1.16. The van der Waals surface area contributed by atoms with Gasteiger partial charge in [0, 0.05) is 61.6 Å². The smallest absolute Gasteiger partial charge is 0.316 e. The lowest BCUT2D eigenvalue weighted by Gasteiger charge is -2.31. The van der Waals surface area contributed by atoms with Gasteiger partial charge in [0.25, 0.3) is 0 Å². The maximum absolute atomic E-state index is 15.2. The third kappa shape index (κ3) is 25.5. The Kier molecular flexibility index (Phi) is 30.5. The summed E-state index contributed by atoms with van der Waals surface area (Å²) in [6, 6.07) is 24.1. The molecule has 0 radical (unpaired) electrons. The molecule has 0 spiro atoms. The van der Waals surface area contributed by atoms with E-state index in [9.17, 15) is 53.1 Å². The number of primary amides is 3. The van der Waals surface area contributed by atoms with Crippen molar-refractivity contribution < 1.29 is 62.6 Å². The van der Waals surface area contributed by atoms with Crippen molar-refractivity contribution >= 4 is 111 Å². The van der Waals surface area contributed by atoms with Gasteiger partial charge in [0.05, 0.1) is 6.61 Å². The van der Waals surface area contributed by atoms with Gasteiger partial charge in [0.15, 0.2) is 5.96 Å². The zero-order chi connectivity index (χ0) is 77.1. The molecule has 564 valence electrons. The standard InChI is InChI=1S/C74H93ClN18O13/c1-41(2)33-54(63(96)85-53(15-9-31-82-72(78)79)71(104)93-32-10-16-61(93)70(103)83-42(3)62(77)95)86-64(97)57(37-45-20-27-51(76)28-21-45)88-66(99)58(38-46-22-29-52(30-23-46)84-73(80)105)90-69(102)60(40-94)91-67(100)55(35-43-11-5-4-6-12-43)87-65(98)56(36-44-18-25-50(75)26-19-44)89-68(101)59(92-74(81)106)39-47-17-24-48-13-7-8-14-49(48)34-47/h4-8,11-14,17-30,34,41-42,53-61,94H,9-10,15-16,31-33,35-40,76H2,1-3H3,(H2,77,95)(H,83,103)(H,85,96)(H,86,97)(H,87,98)(H,88,99)(H,89,101)(H,90,102)(H,91,100)(H4,78,79,82)(H3,80,84,105)(H3,81,92,106)/t42-,53+,54+,55-,56-,57-,58+,59-,60+,61+/m1/s1. The number of fused-ring (bicyclic) bond motifs is 1. The number of amides is 14. The second-order valence-electron chi connectivity index (χ2n) is 26.3. The SMILES string of the molecule is CC(C)C[C@H](NC(=O)[C@@H](Cc1ccc(N)cc1)NC(=O)[C@H](Cc1ccc(NC(N)=O)cc1)NC(=O)[C@H](CO)NC(=O)[C@@H](Cc1ccccc1)NC(=O)[C@@H](Cc1ccc(Cl)cc1)NC(=O)[C@@H](Cc1ccc2ccccc2c1)NC(N)=O)C(=O)N[C@@H](CCCNC(=N)N)C(=O)N1CCC[C@H]1C(=O)N[C@H](C)C(N)=O. The van der Waals surface area contributed by atoms with Crippen LogP contribution in [0.2, 0.25) is 5.02 Å². The number of rotatable bonds is 37. The average molecular weight is 1480 g/mol. The van der Waals surface area contributed by atoms with E-state index in [1.807, 2.05) is 36.4 Å². The van der Waals surface area contributed by atoms with E-state index in [1.165, 1.54) is 36.1 Å². The minimum atomic E-state index is -1.86. The van der Waals surface area contributed by atoms with Crippen molar-refractivity contribution in [1.82, 2.24) is 58.1 Å². The molecule has 14 amide bonds. The van der Waals surface area contributed by atoms with Crippen LogP contribution >= 0.6 is 11.6 Å². The molecule has 1 fully saturated rings. The highest BCUT2D eigenvalue weighted by Gasteiger charge is 2.40. The lowest BCUT2D eigenvalue weighted by atomic mass is 9.99. The maximum atomic E-state index is 15.2. The first-order chi connectivity index (χ1) is 50.5. The molecule has 1 aliphatic heterocycles. The number of hydrogen-bond donors (Lipinski definition) is 18. The van der Waals surface area contributed by atoms with Gasteiger partial charge < -0.3 is 97.2 Å². The van der Waals surface area contributed by atoms with Gasteiger partial charge in [-0.15, -0.1) is 0 Å². The van der Waals surface area contributed by atoms with E-state index in [0.29, 0.717) is 44.9 Å². The summed E-state index contributed by atoms with van der Waals surface area (Å²) in [5.41, 5.74) is 31.1. The first-order valence-corrected chi connectivity index (χ1v) is 34.9. The van der Waals surface area contributed by atoms with E-state index < -0.39 is 138 Å². The number of hydrogen-bond acceptors (Lipinski definition) is 15. The van der Waals surface area contributed by atoms with Gasteiger partial charge in [-0.25, -0.2) is 9.59 Å². The average Bonchev–Trinajstić information content (AvgIpc) is 1.32. The van der Waals surface area contributed by atoms with Gasteiger partial charge in [0.1, 0.15) is 60.4 Å². The van der Waals surface area contributed by atoms with Crippen molar-refractivity contribution in [2.75, 3.05) is 30.7 Å². The quantitative estimate of drug-likeness (QED) is 0.0111. The predicted molar refractivity (Wildman–Crippen MR) is 398 cm³/mol. The van der Waals surface area contributed by atoms with Crippen LogP contribution in [0.25, 0.3) is 10.8 Å². The molecule has 7 rings (SSSR count). The van der Waals surface area contributed by atoms with Gasteiger partial charge >= 0.3 is 12.1 Å². The van der Waals surface area contributed by atoms with Crippen LogP contribution in [0.3, 0.4) is 0 Å². The van der Waals surface area contributed by atoms with Crippen LogP contribution in [0, 0.1) is 11.3 Å². The van der Waals surface area contributed by atoms with E-state index >= 15 is 9.59 Å². The second kappa shape index (κ2) is 39.7. The van der Waals surface area contributed by atoms with Crippen molar-refractivity contribution in [3.63, 3.8) is 0 Å². The van der Waals surface area contributed by atoms with E-state index in [-0.39, 0.29) is 88.4 Å². The Bertz CT molecular complexity index is 4100. The Morgan fingerprint density at radius 1 is 0.500 bits per heavy atom. The Morgan fingerprint density at radius 2 is 0.934 bits per heavy atom. The number of carbonyl (C=O) groups excluding carboxylic acids is 12. The monoisotopic (exact) mass is 1480 g/mol. The molecule has 0 bridgehead atoms. The molecule has 0 aliphatic carbocycles. The Morgan fingerprint density at radius 3 is 1.43 bits per heavy atom. The Labute approximate surface area is 617 Å². The number of nitrogens with one attached hydrogen (secondary N) is 12. The normalized spacial score (nSPS) is 15.0. The summed E-state index contributed by atoms with van der Waals surface area (Å²) < 4.78 is 0. The zero-order valence-corrected chi connectivity index (χ0v) is 59.7. The number of guanidine groups is 1. The number of benzene rings is 6. The van der Waals surface area contributed by atoms with Gasteiger partial charge in [-0.1, -0.05) is 135 Å². The number of nitrogen functional groups attached to an aromatic ring is 1. The fraction of sp³-hybridized carbons (Fsp3) is 0.365. The van der Waals surface area contributed by atoms with E-state index in [0.717, 1.165) is 10.8 Å². The van der Waals surface area contributed by atoms with E-state index in [2.05, 4.69) is 58.5 Å². The van der Waals surface area contributed by atoms with Gasteiger partial charge in [-0.3, -0.25) is 53.4 Å². The number of halogens is 1. The van der Waals surface area contributed by atoms with Gasteiger partial charge in [0.2, 0.25) is 59.1 Å². The number of carbonyl (C=O) groups is 12. The summed E-state index contributed by atoms with van der Waals surface area (Å²) in [5, 5.41) is 49.8. The lowest BCUT2D eigenvalue weighted by Crippen LogP contribution is -2.62. The lowest BCUT2D eigenvalue weighted by molar-refractivity contribution is -0.142. The summed E-state index contributed by atoms with van der Waals surface area (Å²) >= 11 is 6.24. The van der Waals surface area contributed by atoms with E-state index in [4.69, 9.17) is 45.7 Å². The number of likely N-dealkylation sites (tertiary alicyclic amines) is 1. The molecule has 1 saturated heterocycles. The van der Waals surface area contributed by atoms with E-state index in [1.54, 1.807) is 98.8 Å². The van der Waals surface area contributed by atoms with Crippen molar-refractivity contribution in [3.8, 4) is 0 Å². The van der Waals surface area contributed by atoms with Crippen LogP contribution in [0.4, 0.5) is 21.0 Å². The molecule has 0 aromatic heterocycles. The molecule has 6 aromatic carbocycles. The summed E-state index contributed by atoms with van der Waals surface area (Å²) in [4.78, 5) is 169. The fourth-order valence-electron chi connectivity index (χ4n) is 12.0. The number of aliphatic hydroxyl groups excluding tert-OH is 1. The molecule has 10 atom stereocenters. The van der Waals surface area contributed by atoms with Crippen LogP contribution in [-0.4, -0.2) is 167 Å². The summed E-state index contributed by atoms with van der Waals surface area (Å²) in [7, 11) is 0. The molecular weight excluding hydrogens is 1380 g/mol. The van der Waals surface area contributed by atoms with Crippen LogP contribution in [-0.2, 0) is 80.0 Å². The highest BCUT2D eigenvalue weighted by Crippen LogP contribution is 2.23. The fourth-order valence-corrected chi connectivity index (χ4v) is 12.1. The number of anilines is 2. The van der Waals surface area contributed by atoms with Crippen molar-refractivity contribution in [2.45, 2.75) is 145 Å². The molecular formula is C74H93ClN18O13. The number of urea groups is 2. The molecule has 31 nitrogen and oxygen atoms in total. The topological polar surface area (TPSA) is 515 Å². The highest BCUT2D eigenvalue weighted by atomic mass is 35.5. The maximum Gasteiger partial charge on any atom is 0.316 e. The molecule has 1 heterocycles. The highest BCUT2D eigenvalue weighted by molar-refractivity contribution is 6.30. The zero-order valence-electron chi connectivity index (χ0n) is 59.0. The summed E-state index contributed by atoms with van der Waals surface area (Å²) in [6.07, 6.45) is -0.239. The van der Waals surface area contributed by atoms with Crippen LogP contribution in [0.5, 0.6) is 0 Å². The van der Waals surface area contributed by atoms with Crippen molar-refractivity contribution in [1.29, 1.82) is 5.41 Å². The molecule has 0 unspecified atom stereocenters.